The van der Waals surface area contributed by atoms with Gasteiger partial charge in [0.2, 0.25) is 0 Å². The number of hydrogen-bond donors (Lipinski definition) is 1. The van der Waals surface area contributed by atoms with Crippen LogP contribution in [0.15, 0.2) is 0 Å². The van der Waals surface area contributed by atoms with Crippen LogP contribution in [0.2, 0.25) is 0 Å². The van der Waals surface area contributed by atoms with Crippen LogP contribution in [0.3, 0.4) is 0 Å². The number of ether oxygens (including phenoxy) is 1. The molecule has 1 aliphatic heterocycles. The van der Waals surface area contributed by atoms with Gasteiger partial charge in [-0.2, -0.15) is 0 Å². The summed E-state index contributed by atoms with van der Waals surface area (Å²) in [4.78, 5) is 2.77. The summed E-state index contributed by atoms with van der Waals surface area (Å²) < 4.78 is 5.74. The number of hydrogen-bond acceptors (Lipinski definition) is 3. The third kappa shape index (κ3) is 3.14. The number of rotatable bonds is 4. The molecule has 1 saturated carbocycles. The number of methoxy groups -OCH3 is 1. The van der Waals surface area contributed by atoms with Crippen molar-refractivity contribution >= 4 is 0 Å². The van der Waals surface area contributed by atoms with Crippen LogP contribution in [-0.4, -0.2) is 48.8 Å². The molecule has 1 saturated heterocycles. The van der Waals surface area contributed by atoms with Crippen LogP contribution in [0.25, 0.3) is 0 Å². The highest BCUT2D eigenvalue weighted by atomic mass is 16.5. The highest BCUT2D eigenvalue weighted by Crippen LogP contribution is 2.33. The minimum atomic E-state index is 0.270. The summed E-state index contributed by atoms with van der Waals surface area (Å²) >= 11 is 0. The Labute approximate surface area is 119 Å². The molecule has 2 aliphatic rings. The molecule has 1 heterocycles. The monoisotopic (exact) mass is 268 g/mol. The third-order valence-electron chi connectivity index (χ3n) is 5.39. The van der Waals surface area contributed by atoms with Gasteiger partial charge < -0.3 is 10.1 Å². The first kappa shape index (κ1) is 15.3. The molecule has 112 valence electrons. The Kier molecular flexibility index (Phi) is 4.91. The summed E-state index contributed by atoms with van der Waals surface area (Å²) in [6, 6.07) is 1.28. The molecule has 0 amide bonds. The molecule has 19 heavy (non-hydrogen) atoms. The Morgan fingerprint density at radius 1 is 1.37 bits per heavy atom. The lowest BCUT2D eigenvalue weighted by Crippen LogP contribution is -2.67. The molecule has 0 bridgehead atoms. The zero-order valence-electron chi connectivity index (χ0n) is 13.4. The number of nitrogens with zero attached hydrogens (tertiary/aromatic N) is 1. The predicted molar refractivity (Wildman–Crippen MR) is 80.5 cm³/mol. The second kappa shape index (κ2) is 6.11. The van der Waals surface area contributed by atoms with Crippen molar-refractivity contribution in [1.82, 2.24) is 10.2 Å². The first-order chi connectivity index (χ1) is 9.00. The molecule has 3 nitrogen and oxygen atoms in total. The van der Waals surface area contributed by atoms with Gasteiger partial charge in [0.15, 0.2) is 0 Å². The van der Waals surface area contributed by atoms with Crippen LogP contribution >= 0.6 is 0 Å². The maximum atomic E-state index is 5.74. The fourth-order valence-electron chi connectivity index (χ4n) is 3.82. The molecular formula is C16H32N2O. The van der Waals surface area contributed by atoms with Gasteiger partial charge in [-0.15, -0.1) is 0 Å². The van der Waals surface area contributed by atoms with Crippen LogP contribution in [0.5, 0.6) is 0 Å². The molecule has 4 unspecified atom stereocenters. The van der Waals surface area contributed by atoms with Crippen LogP contribution in [-0.2, 0) is 4.74 Å². The summed E-state index contributed by atoms with van der Waals surface area (Å²) in [6.07, 6.45) is 5.50. The average molecular weight is 268 g/mol. The smallest absolute Gasteiger partial charge is 0.0726 e. The van der Waals surface area contributed by atoms with Crippen molar-refractivity contribution in [3.63, 3.8) is 0 Å². The van der Waals surface area contributed by atoms with Crippen LogP contribution in [0.1, 0.15) is 53.4 Å². The SMILES string of the molecule is CCC1(C)CN(C2CCCC2OC)C(C(C)C)CN1. The van der Waals surface area contributed by atoms with E-state index in [0.717, 1.165) is 13.1 Å². The van der Waals surface area contributed by atoms with E-state index in [0.29, 0.717) is 24.1 Å². The van der Waals surface area contributed by atoms with Crippen LogP contribution < -0.4 is 5.32 Å². The molecule has 2 rings (SSSR count). The van der Waals surface area contributed by atoms with Gasteiger partial charge in [0.05, 0.1) is 6.10 Å². The van der Waals surface area contributed by atoms with Gasteiger partial charge in [0.25, 0.3) is 0 Å². The standard InChI is InChI=1S/C16H32N2O/c1-6-16(4)11-18(14(10-17-16)12(2)3)13-8-7-9-15(13)19-5/h12-15,17H,6-11H2,1-5H3. The average Bonchev–Trinajstić information content (AvgIpc) is 2.86. The Bertz CT molecular complexity index is 294. The van der Waals surface area contributed by atoms with E-state index in [4.69, 9.17) is 4.74 Å². The van der Waals surface area contributed by atoms with Gasteiger partial charge in [-0.1, -0.05) is 20.8 Å². The zero-order chi connectivity index (χ0) is 14.0. The van der Waals surface area contributed by atoms with Gasteiger partial charge in [0.1, 0.15) is 0 Å². The van der Waals surface area contributed by atoms with Crippen molar-refractivity contribution in [2.24, 2.45) is 5.92 Å². The van der Waals surface area contributed by atoms with E-state index in [9.17, 15) is 0 Å². The maximum absolute atomic E-state index is 5.74. The Morgan fingerprint density at radius 2 is 2.11 bits per heavy atom. The molecule has 3 heteroatoms. The van der Waals surface area contributed by atoms with Crippen LogP contribution in [0, 0.1) is 5.92 Å². The number of nitrogens with one attached hydrogen (secondary N) is 1. The lowest BCUT2D eigenvalue weighted by molar-refractivity contribution is -0.0300. The van der Waals surface area contributed by atoms with Crippen molar-refractivity contribution in [2.75, 3.05) is 20.2 Å². The van der Waals surface area contributed by atoms with Gasteiger partial charge in [0, 0.05) is 37.8 Å². The molecule has 4 atom stereocenters. The van der Waals surface area contributed by atoms with E-state index in [1.807, 2.05) is 7.11 Å². The predicted octanol–water partition coefficient (Wildman–Crippen LogP) is 2.65. The normalized spacial score (nSPS) is 41.1. The van der Waals surface area contributed by atoms with Gasteiger partial charge >= 0.3 is 0 Å². The molecule has 1 aliphatic carbocycles. The van der Waals surface area contributed by atoms with Crippen molar-refractivity contribution in [1.29, 1.82) is 0 Å². The fraction of sp³-hybridized carbons (Fsp3) is 1.00. The highest BCUT2D eigenvalue weighted by molar-refractivity contribution is 5.00. The van der Waals surface area contributed by atoms with E-state index in [1.54, 1.807) is 0 Å². The Morgan fingerprint density at radius 3 is 2.68 bits per heavy atom. The van der Waals surface area contributed by atoms with E-state index in [1.165, 1.54) is 25.7 Å². The summed E-state index contributed by atoms with van der Waals surface area (Å²) in [7, 11) is 1.88. The fourth-order valence-corrected chi connectivity index (χ4v) is 3.82. The molecule has 0 radical (unpaired) electrons. The number of piperazine rings is 1. The Hall–Kier alpha value is -0.120. The molecule has 1 N–H and O–H groups in total. The van der Waals surface area contributed by atoms with E-state index in [-0.39, 0.29) is 5.54 Å². The first-order valence-electron chi connectivity index (χ1n) is 8.04. The van der Waals surface area contributed by atoms with Crippen molar-refractivity contribution < 1.29 is 4.74 Å². The zero-order valence-corrected chi connectivity index (χ0v) is 13.4. The van der Waals surface area contributed by atoms with Crippen molar-refractivity contribution in [3.8, 4) is 0 Å². The molecule has 0 aromatic heterocycles. The lowest BCUT2D eigenvalue weighted by atomic mass is 9.88. The lowest BCUT2D eigenvalue weighted by Gasteiger charge is -2.51. The second-order valence-electron chi connectivity index (χ2n) is 7.05. The van der Waals surface area contributed by atoms with Crippen LogP contribution in [0.4, 0.5) is 0 Å². The second-order valence-corrected chi connectivity index (χ2v) is 7.05. The van der Waals surface area contributed by atoms with E-state index >= 15 is 0 Å². The Balaban J connectivity index is 2.15. The first-order valence-corrected chi connectivity index (χ1v) is 8.04. The van der Waals surface area contributed by atoms with Gasteiger partial charge in [-0.05, 0) is 38.5 Å². The van der Waals surface area contributed by atoms with Gasteiger partial charge in [-0.25, -0.2) is 0 Å². The summed E-state index contributed by atoms with van der Waals surface area (Å²) in [5, 5.41) is 3.78. The topological polar surface area (TPSA) is 24.5 Å². The summed E-state index contributed by atoms with van der Waals surface area (Å²) in [6.45, 7) is 11.7. The largest absolute Gasteiger partial charge is 0.380 e. The van der Waals surface area contributed by atoms with E-state index in [2.05, 4.69) is 37.9 Å². The highest BCUT2D eigenvalue weighted by Gasteiger charge is 2.42. The summed E-state index contributed by atoms with van der Waals surface area (Å²) in [5.41, 5.74) is 0.270. The van der Waals surface area contributed by atoms with Crippen molar-refractivity contribution in [3.05, 3.63) is 0 Å². The molecular weight excluding hydrogens is 236 g/mol. The third-order valence-corrected chi connectivity index (χ3v) is 5.39. The van der Waals surface area contributed by atoms with Gasteiger partial charge in [-0.3, -0.25) is 4.90 Å². The minimum Gasteiger partial charge on any atom is -0.380 e. The quantitative estimate of drug-likeness (QED) is 0.848. The van der Waals surface area contributed by atoms with Crippen molar-refractivity contribution in [2.45, 2.75) is 77.1 Å². The molecule has 0 spiro atoms. The molecule has 0 aromatic carbocycles. The molecule has 2 fully saturated rings. The van der Waals surface area contributed by atoms with E-state index < -0.39 is 0 Å². The molecule has 0 aromatic rings. The minimum absolute atomic E-state index is 0.270. The summed E-state index contributed by atoms with van der Waals surface area (Å²) in [5.74, 6) is 0.701. The maximum Gasteiger partial charge on any atom is 0.0726 e.